The van der Waals surface area contributed by atoms with Crippen molar-refractivity contribution in [2.75, 3.05) is 13.2 Å². The molecule has 0 radical (unpaired) electrons. The molecular formula is C14H21NO2. The first-order chi connectivity index (χ1) is 8.20. The standard InChI is InChI=1S/C14H21NO2/c1-4-10(2)15-11(3)12-5-6-13-14(9-12)17-8-7-16-13/h5-6,9-11,15H,4,7-8H2,1-3H3. The molecule has 1 aromatic rings. The molecule has 1 heterocycles. The van der Waals surface area contributed by atoms with Crippen LogP contribution in [0.15, 0.2) is 18.2 Å². The van der Waals surface area contributed by atoms with E-state index in [2.05, 4.69) is 38.2 Å². The van der Waals surface area contributed by atoms with Gasteiger partial charge in [0.25, 0.3) is 0 Å². The average molecular weight is 235 g/mol. The fraction of sp³-hybridized carbons (Fsp3) is 0.571. The van der Waals surface area contributed by atoms with Crippen LogP contribution < -0.4 is 14.8 Å². The highest BCUT2D eigenvalue weighted by molar-refractivity contribution is 5.44. The second-order valence-electron chi connectivity index (χ2n) is 4.60. The van der Waals surface area contributed by atoms with Gasteiger partial charge in [0.2, 0.25) is 0 Å². The molecule has 1 aliphatic rings. The largest absolute Gasteiger partial charge is 0.486 e. The third kappa shape index (κ3) is 2.91. The van der Waals surface area contributed by atoms with Crippen molar-refractivity contribution in [3.8, 4) is 11.5 Å². The van der Waals surface area contributed by atoms with Crippen LogP contribution in [-0.2, 0) is 0 Å². The van der Waals surface area contributed by atoms with Crippen LogP contribution in [-0.4, -0.2) is 19.3 Å². The van der Waals surface area contributed by atoms with Gasteiger partial charge in [0.05, 0.1) is 0 Å². The molecule has 94 valence electrons. The highest BCUT2D eigenvalue weighted by Gasteiger charge is 2.15. The molecule has 0 bridgehead atoms. The zero-order chi connectivity index (χ0) is 12.3. The van der Waals surface area contributed by atoms with E-state index in [1.54, 1.807) is 0 Å². The zero-order valence-corrected chi connectivity index (χ0v) is 10.8. The first-order valence-corrected chi connectivity index (χ1v) is 6.36. The topological polar surface area (TPSA) is 30.5 Å². The molecule has 3 nitrogen and oxygen atoms in total. The summed E-state index contributed by atoms with van der Waals surface area (Å²) in [6, 6.07) is 7.04. The Morgan fingerprint density at radius 2 is 1.88 bits per heavy atom. The van der Waals surface area contributed by atoms with Gasteiger partial charge < -0.3 is 14.8 Å². The minimum atomic E-state index is 0.334. The molecule has 3 heteroatoms. The molecule has 1 N–H and O–H groups in total. The number of ether oxygens (including phenoxy) is 2. The summed E-state index contributed by atoms with van der Waals surface area (Å²) in [5, 5.41) is 3.56. The SMILES string of the molecule is CCC(C)NC(C)c1ccc2c(c1)OCCO2. The Balaban J connectivity index is 2.10. The van der Waals surface area contributed by atoms with E-state index in [0.717, 1.165) is 17.9 Å². The van der Waals surface area contributed by atoms with E-state index in [1.165, 1.54) is 5.56 Å². The lowest BCUT2D eigenvalue weighted by Gasteiger charge is -2.22. The minimum Gasteiger partial charge on any atom is -0.486 e. The summed E-state index contributed by atoms with van der Waals surface area (Å²) < 4.78 is 11.1. The molecule has 0 spiro atoms. The molecule has 0 saturated carbocycles. The van der Waals surface area contributed by atoms with Crippen molar-refractivity contribution in [2.45, 2.75) is 39.3 Å². The monoisotopic (exact) mass is 235 g/mol. The molecule has 0 saturated heterocycles. The van der Waals surface area contributed by atoms with E-state index >= 15 is 0 Å². The van der Waals surface area contributed by atoms with E-state index in [0.29, 0.717) is 25.3 Å². The first kappa shape index (κ1) is 12.2. The maximum atomic E-state index is 5.59. The van der Waals surface area contributed by atoms with Crippen LogP contribution in [0.5, 0.6) is 11.5 Å². The number of hydrogen-bond acceptors (Lipinski definition) is 3. The zero-order valence-electron chi connectivity index (χ0n) is 10.8. The fourth-order valence-electron chi connectivity index (χ4n) is 1.97. The molecule has 1 aromatic carbocycles. The van der Waals surface area contributed by atoms with Crippen molar-refractivity contribution < 1.29 is 9.47 Å². The summed E-state index contributed by atoms with van der Waals surface area (Å²) in [4.78, 5) is 0. The first-order valence-electron chi connectivity index (χ1n) is 6.36. The normalized spacial score (nSPS) is 17.6. The Hall–Kier alpha value is -1.22. The molecule has 1 aliphatic heterocycles. The predicted octanol–water partition coefficient (Wildman–Crippen LogP) is 2.91. The van der Waals surface area contributed by atoms with Crippen molar-refractivity contribution in [3.05, 3.63) is 23.8 Å². The number of nitrogens with one attached hydrogen (secondary N) is 1. The summed E-state index contributed by atoms with van der Waals surface area (Å²) in [7, 11) is 0. The van der Waals surface area contributed by atoms with Crippen molar-refractivity contribution in [2.24, 2.45) is 0 Å². The second kappa shape index (κ2) is 5.41. The van der Waals surface area contributed by atoms with Crippen LogP contribution in [0.1, 0.15) is 38.8 Å². The Morgan fingerprint density at radius 3 is 2.59 bits per heavy atom. The van der Waals surface area contributed by atoms with E-state index in [4.69, 9.17) is 9.47 Å². The van der Waals surface area contributed by atoms with Gasteiger partial charge in [-0.25, -0.2) is 0 Å². The average Bonchev–Trinajstić information content (AvgIpc) is 2.38. The molecule has 0 aromatic heterocycles. The Morgan fingerprint density at radius 1 is 1.18 bits per heavy atom. The van der Waals surface area contributed by atoms with Crippen molar-refractivity contribution in [3.63, 3.8) is 0 Å². The summed E-state index contributed by atoms with van der Waals surface area (Å²) in [6.07, 6.45) is 1.13. The number of benzene rings is 1. The van der Waals surface area contributed by atoms with Crippen molar-refractivity contribution in [1.82, 2.24) is 5.32 Å². The molecule has 2 rings (SSSR count). The third-order valence-corrected chi connectivity index (χ3v) is 3.21. The van der Waals surface area contributed by atoms with Crippen LogP contribution in [0, 0.1) is 0 Å². The van der Waals surface area contributed by atoms with E-state index in [-0.39, 0.29) is 0 Å². The lowest BCUT2D eigenvalue weighted by Crippen LogP contribution is -2.28. The van der Waals surface area contributed by atoms with Gasteiger partial charge in [-0.2, -0.15) is 0 Å². The van der Waals surface area contributed by atoms with Gasteiger partial charge in [0, 0.05) is 12.1 Å². The van der Waals surface area contributed by atoms with Gasteiger partial charge in [-0.15, -0.1) is 0 Å². The molecular weight excluding hydrogens is 214 g/mol. The Kier molecular flexibility index (Phi) is 3.89. The lowest BCUT2D eigenvalue weighted by atomic mass is 10.1. The van der Waals surface area contributed by atoms with Crippen LogP contribution >= 0.6 is 0 Å². The fourth-order valence-corrected chi connectivity index (χ4v) is 1.97. The van der Waals surface area contributed by atoms with Gasteiger partial charge >= 0.3 is 0 Å². The highest BCUT2D eigenvalue weighted by atomic mass is 16.6. The maximum Gasteiger partial charge on any atom is 0.161 e. The molecule has 0 fully saturated rings. The van der Waals surface area contributed by atoms with E-state index < -0.39 is 0 Å². The summed E-state index contributed by atoms with van der Waals surface area (Å²) in [6.45, 7) is 7.86. The maximum absolute atomic E-state index is 5.59. The van der Waals surface area contributed by atoms with Crippen molar-refractivity contribution in [1.29, 1.82) is 0 Å². The molecule has 2 atom stereocenters. The van der Waals surface area contributed by atoms with E-state index in [9.17, 15) is 0 Å². The quantitative estimate of drug-likeness (QED) is 0.870. The van der Waals surface area contributed by atoms with Crippen LogP contribution in [0.3, 0.4) is 0 Å². The van der Waals surface area contributed by atoms with Crippen LogP contribution in [0.4, 0.5) is 0 Å². The summed E-state index contributed by atoms with van der Waals surface area (Å²) in [5.74, 6) is 1.72. The lowest BCUT2D eigenvalue weighted by molar-refractivity contribution is 0.171. The van der Waals surface area contributed by atoms with Gasteiger partial charge in [-0.1, -0.05) is 13.0 Å². The van der Waals surface area contributed by atoms with Gasteiger partial charge in [0.1, 0.15) is 13.2 Å². The number of hydrogen-bond donors (Lipinski definition) is 1. The van der Waals surface area contributed by atoms with Gasteiger partial charge in [-0.05, 0) is 38.0 Å². The number of rotatable bonds is 4. The smallest absolute Gasteiger partial charge is 0.161 e. The molecule has 0 aliphatic carbocycles. The van der Waals surface area contributed by atoms with Gasteiger partial charge in [-0.3, -0.25) is 0 Å². The highest BCUT2D eigenvalue weighted by Crippen LogP contribution is 2.32. The third-order valence-electron chi connectivity index (χ3n) is 3.21. The van der Waals surface area contributed by atoms with Crippen molar-refractivity contribution >= 4 is 0 Å². The molecule has 0 amide bonds. The van der Waals surface area contributed by atoms with E-state index in [1.807, 2.05) is 6.07 Å². The molecule has 2 unspecified atom stereocenters. The molecule has 17 heavy (non-hydrogen) atoms. The Bertz CT molecular complexity index is 378. The van der Waals surface area contributed by atoms with Crippen LogP contribution in [0.2, 0.25) is 0 Å². The number of fused-ring (bicyclic) bond motifs is 1. The second-order valence-corrected chi connectivity index (χ2v) is 4.60. The predicted molar refractivity (Wildman–Crippen MR) is 68.7 cm³/mol. The van der Waals surface area contributed by atoms with Gasteiger partial charge in [0.15, 0.2) is 11.5 Å². The minimum absolute atomic E-state index is 0.334. The van der Waals surface area contributed by atoms with Crippen LogP contribution in [0.25, 0.3) is 0 Å². The Labute approximate surface area is 103 Å². The summed E-state index contributed by atoms with van der Waals surface area (Å²) in [5.41, 5.74) is 1.24. The summed E-state index contributed by atoms with van der Waals surface area (Å²) >= 11 is 0.